The van der Waals surface area contributed by atoms with Gasteiger partial charge < -0.3 is 9.67 Å². The maximum Gasteiger partial charge on any atom is 0.165 e. The molecule has 0 saturated heterocycles. The van der Waals surface area contributed by atoms with Gasteiger partial charge >= 0.3 is 0 Å². The van der Waals surface area contributed by atoms with Crippen LogP contribution in [0, 0.1) is 0 Å². The summed E-state index contributed by atoms with van der Waals surface area (Å²) >= 11 is 5.97. The molecule has 106 valence electrons. The maximum atomic E-state index is 9.53. The Labute approximate surface area is 126 Å². The Morgan fingerprint density at radius 2 is 2.00 bits per heavy atom. The monoisotopic (exact) mass is 300 g/mol. The lowest BCUT2D eigenvalue weighted by Gasteiger charge is -2.05. The molecule has 0 spiro atoms. The Kier molecular flexibility index (Phi) is 3.94. The van der Waals surface area contributed by atoms with Crippen molar-refractivity contribution in [3.05, 3.63) is 59.8 Å². The second-order valence-corrected chi connectivity index (χ2v) is 4.85. The van der Waals surface area contributed by atoms with Gasteiger partial charge in [-0.05, 0) is 11.1 Å². The standard InChI is InChI=1S/C15H13ClN4O/c16-14-13-15(18-9-17-14)20(10-19-13)7-6-12(8-21)11-4-2-1-3-5-11/h1-6,9-10,21H,7-8H2/b12-6-. The fraction of sp³-hybridized carbons (Fsp3) is 0.133. The van der Waals surface area contributed by atoms with Gasteiger partial charge in [-0.15, -0.1) is 0 Å². The fourth-order valence-corrected chi connectivity index (χ4v) is 2.30. The van der Waals surface area contributed by atoms with E-state index in [4.69, 9.17) is 11.6 Å². The summed E-state index contributed by atoms with van der Waals surface area (Å²) in [5, 5.41) is 9.87. The Balaban J connectivity index is 1.91. The zero-order chi connectivity index (χ0) is 14.7. The number of aliphatic hydroxyl groups excluding tert-OH is 1. The summed E-state index contributed by atoms with van der Waals surface area (Å²) in [6, 6.07) is 9.76. The number of nitrogens with zero attached hydrogens (tertiary/aromatic N) is 4. The molecule has 21 heavy (non-hydrogen) atoms. The minimum atomic E-state index is -0.0214. The molecule has 0 atom stereocenters. The molecule has 3 aromatic rings. The van der Waals surface area contributed by atoms with Gasteiger partial charge in [0.05, 0.1) is 12.9 Å². The van der Waals surface area contributed by atoms with Crippen LogP contribution in [0.2, 0.25) is 5.15 Å². The van der Waals surface area contributed by atoms with Crippen molar-refractivity contribution in [3.8, 4) is 0 Å². The average Bonchev–Trinajstić information content (AvgIpc) is 2.94. The first-order valence-corrected chi connectivity index (χ1v) is 6.84. The molecular formula is C15H13ClN4O. The van der Waals surface area contributed by atoms with Crippen molar-refractivity contribution in [3.63, 3.8) is 0 Å². The highest BCUT2D eigenvalue weighted by Crippen LogP contribution is 2.18. The van der Waals surface area contributed by atoms with Gasteiger partial charge in [0.2, 0.25) is 0 Å². The van der Waals surface area contributed by atoms with E-state index >= 15 is 0 Å². The number of rotatable bonds is 4. The third kappa shape index (κ3) is 2.79. The van der Waals surface area contributed by atoms with Crippen LogP contribution in [0.15, 0.2) is 49.1 Å². The number of imidazole rings is 1. The highest BCUT2D eigenvalue weighted by atomic mass is 35.5. The second-order valence-electron chi connectivity index (χ2n) is 4.49. The van der Waals surface area contributed by atoms with Crippen LogP contribution in [-0.2, 0) is 6.54 Å². The minimum absolute atomic E-state index is 0.0214. The molecule has 0 aliphatic heterocycles. The lowest BCUT2D eigenvalue weighted by atomic mass is 10.1. The molecule has 0 radical (unpaired) electrons. The van der Waals surface area contributed by atoms with E-state index < -0.39 is 0 Å². The van der Waals surface area contributed by atoms with Gasteiger partial charge in [0.1, 0.15) is 11.8 Å². The third-order valence-corrected chi connectivity index (χ3v) is 3.48. The van der Waals surface area contributed by atoms with E-state index in [1.54, 1.807) is 6.33 Å². The summed E-state index contributed by atoms with van der Waals surface area (Å²) in [6.07, 6.45) is 5.03. The number of aromatic nitrogens is 4. The molecule has 5 nitrogen and oxygen atoms in total. The number of hydrogen-bond donors (Lipinski definition) is 1. The number of benzene rings is 1. The molecule has 0 aliphatic carbocycles. The van der Waals surface area contributed by atoms with Crippen LogP contribution in [0.5, 0.6) is 0 Å². The first-order valence-electron chi connectivity index (χ1n) is 6.46. The minimum Gasteiger partial charge on any atom is -0.392 e. The van der Waals surface area contributed by atoms with Crippen molar-refractivity contribution in [1.82, 2.24) is 19.5 Å². The zero-order valence-corrected chi connectivity index (χ0v) is 11.9. The number of allylic oxidation sites excluding steroid dienone is 1. The summed E-state index contributed by atoms with van der Waals surface area (Å²) in [5.41, 5.74) is 3.11. The molecule has 0 fully saturated rings. The Morgan fingerprint density at radius 3 is 2.76 bits per heavy atom. The van der Waals surface area contributed by atoms with Crippen molar-refractivity contribution in [2.45, 2.75) is 6.54 Å². The quantitative estimate of drug-likeness (QED) is 0.752. The van der Waals surface area contributed by atoms with Crippen LogP contribution in [0.1, 0.15) is 5.56 Å². The SMILES string of the molecule is OC/C(=C/Cn1cnc2c(Cl)ncnc21)c1ccccc1. The van der Waals surface area contributed by atoms with Crippen molar-refractivity contribution in [2.75, 3.05) is 6.61 Å². The number of fused-ring (bicyclic) bond motifs is 1. The first-order chi connectivity index (χ1) is 10.3. The molecule has 0 saturated carbocycles. The lowest BCUT2D eigenvalue weighted by Crippen LogP contribution is -1.98. The molecular weight excluding hydrogens is 288 g/mol. The van der Waals surface area contributed by atoms with Crippen LogP contribution >= 0.6 is 11.6 Å². The first kappa shape index (κ1) is 13.7. The largest absolute Gasteiger partial charge is 0.392 e. The van der Waals surface area contributed by atoms with E-state index in [1.807, 2.05) is 41.0 Å². The third-order valence-electron chi connectivity index (χ3n) is 3.21. The van der Waals surface area contributed by atoms with Crippen molar-refractivity contribution >= 4 is 28.3 Å². The number of hydrogen-bond acceptors (Lipinski definition) is 4. The number of halogens is 1. The molecule has 6 heteroatoms. The van der Waals surface area contributed by atoms with Gasteiger partial charge in [-0.2, -0.15) is 0 Å². The Hall–Kier alpha value is -2.24. The summed E-state index contributed by atoms with van der Waals surface area (Å²) < 4.78 is 1.86. The van der Waals surface area contributed by atoms with Crippen LogP contribution in [0.3, 0.4) is 0 Å². The highest BCUT2D eigenvalue weighted by Gasteiger charge is 2.07. The Bertz CT molecular complexity index is 783. The molecule has 0 aliphatic rings. The summed E-state index contributed by atoms with van der Waals surface area (Å²) in [5.74, 6) is 0. The van der Waals surface area contributed by atoms with Crippen LogP contribution in [0.25, 0.3) is 16.7 Å². The summed E-state index contributed by atoms with van der Waals surface area (Å²) in [4.78, 5) is 12.3. The van der Waals surface area contributed by atoms with Crippen molar-refractivity contribution < 1.29 is 5.11 Å². The molecule has 1 N–H and O–H groups in total. The molecule has 2 heterocycles. The summed E-state index contributed by atoms with van der Waals surface area (Å²) in [7, 11) is 0. The van der Waals surface area contributed by atoms with E-state index in [-0.39, 0.29) is 6.61 Å². The topological polar surface area (TPSA) is 63.8 Å². The van der Waals surface area contributed by atoms with Gasteiger partial charge in [0.15, 0.2) is 10.8 Å². The number of aliphatic hydroxyl groups is 1. The van der Waals surface area contributed by atoms with Crippen LogP contribution < -0.4 is 0 Å². The molecule has 2 aromatic heterocycles. The lowest BCUT2D eigenvalue weighted by molar-refractivity contribution is 0.350. The van der Waals surface area contributed by atoms with Gasteiger partial charge in [-0.1, -0.05) is 48.0 Å². The van der Waals surface area contributed by atoms with E-state index in [2.05, 4.69) is 15.0 Å². The van der Waals surface area contributed by atoms with Crippen LogP contribution in [-0.4, -0.2) is 31.2 Å². The molecule has 1 aromatic carbocycles. The predicted molar refractivity (Wildman–Crippen MR) is 81.8 cm³/mol. The van der Waals surface area contributed by atoms with E-state index in [1.165, 1.54) is 6.33 Å². The van der Waals surface area contributed by atoms with Gasteiger partial charge in [-0.25, -0.2) is 15.0 Å². The second kappa shape index (κ2) is 6.03. The molecule has 0 amide bonds. The van der Waals surface area contributed by atoms with Gasteiger partial charge in [0.25, 0.3) is 0 Å². The predicted octanol–water partition coefficient (Wildman–Crippen LogP) is 2.56. The molecule has 3 rings (SSSR count). The van der Waals surface area contributed by atoms with Gasteiger partial charge in [-0.3, -0.25) is 0 Å². The fourth-order valence-electron chi connectivity index (χ4n) is 2.12. The van der Waals surface area contributed by atoms with Crippen molar-refractivity contribution in [2.24, 2.45) is 0 Å². The average molecular weight is 301 g/mol. The molecule has 0 unspecified atom stereocenters. The van der Waals surface area contributed by atoms with E-state index in [9.17, 15) is 5.11 Å². The van der Waals surface area contributed by atoms with Crippen molar-refractivity contribution in [1.29, 1.82) is 0 Å². The van der Waals surface area contributed by atoms with Crippen LogP contribution in [0.4, 0.5) is 0 Å². The van der Waals surface area contributed by atoms with E-state index in [0.29, 0.717) is 22.9 Å². The normalized spacial score (nSPS) is 12.0. The highest BCUT2D eigenvalue weighted by molar-refractivity contribution is 6.33. The smallest absolute Gasteiger partial charge is 0.165 e. The van der Waals surface area contributed by atoms with E-state index in [0.717, 1.165) is 11.1 Å². The molecule has 0 bridgehead atoms. The zero-order valence-electron chi connectivity index (χ0n) is 11.1. The Morgan fingerprint density at radius 1 is 1.19 bits per heavy atom. The van der Waals surface area contributed by atoms with Gasteiger partial charge in [0, 0.05) is 6.54 Å². The summed E-state index contributed by atoms with van der Waals surface area (Å²) in [6.45, 7) is 0.529. The maximum absolute atomic E-state index is 9.53.